The molecule has 0 unspecified atom stereocenters. The van der Waals surface area contributed by atoms with Crippen LogP contribution >= 0.6 is 23.4 Å². The van der Waals surface area contributed by atoms with E-state index >= 15 is 0 Å². The Labute approximate surface area is 110 Å². The fraction of sp³-hybridized carbons (Fsp3) is 0.231. The van der Waals surface area contributed by atoms with Crippen molar-refractivity contribution in [3.8, 4) is 0 Å². The van der Waals surface area contributed by atoms with E-state index in [-0.39, 0.29) is 0 Å². The molecule has 0 amide bonds. The Balaban J connectivity index is 2.07. The summed E-state index contributed by atoms with van der Waals surface area (Å²) in [6.45, 7) is 3.95. The molecule has 0 aliphatic rings. The maximum Gasteiger partial charge on any atom is 0.133 e. The second-order valence-electron chi connectivity index (χ2n) is 3.85. The van der Waals surface area contributed by atoms with E-state index in [4.69, 9.17) is 11.6 Å². The average Bonchev–Trinajstić information content (AvgIpc) is 2.25. The summed E-state index contributed by atoms with van der Waals surface area (Å²) < 4.78 is 0. The van der Waals surface area contributed by atoms with Gasteiger partial charge in [-0.3, -0.25) is 0 Å². The lowest BCUT2D eigenvalue weighted by Crippen LogP contribution is -1.90. The molecule has 0 aliphatic carbocycles. The van der Waals surface area contributed by atoms with Crippen molar-refractivity contribution in [2.45, 2.75) is 24.6 Å². The predicted molar refractivity (Wildman–Crippen MR) is 72.5 cm³/mol. The third kappa shape index (κ3) is 3.72. The van der Waals surface area contributed by atoms with Crippen LogP contribution in [0.25, 0.3) is 0 Å². The van der Waals surface area contributed by atoms with Crippen LogP contribution in [0, 0.1) is 13.8 Å². The molecule has 0 saturated carbocycles. The van der Waals surface area contributed by atoms with Crippen molar-refractivity contribution >= 4 is 23.4 Å². The van der Waals surface area contributed by atoms with Crippen LogP contribution in [0.5, 0.6) is 0 Å². The molecule has 0 fully saturated rings. The minimum absolute atomic E-state index is 0.504. The van der Waals surface area contributed by atoms with E-state index in [1.54, 1.807) is 17.8 Å². The number of aryl methyl sites for hydroxylation is 2. The van der Waals surface area contributed by atoms with Crippen molar-refractivity contribution in [2.75, 3.05) is 0 Å². The van der Waals surface area contributed by atoms with Crippen molar-refractivity contribution in [3.63, 3.8) is 0 Å². The number of benzene rings is 1. The summed E-state index contributed by atoms with van der Waals surface area (Å²) in [5.74, 6) is 1.61. The summed E-state index contributed by atoms with van der Waals surface area (Å²) in [5, 5.41) is 1.42. The highest BCUT2D eigenvalue weighted by Crippen LogP contribution is 2.23. The lowest BCUT2D eigenvalue weighted by Gasteiger charge is -2.03. The number of rotatable bonds is 3. The van der Waals surface area contributed by atoms with Gasteiger partial charge in [-0.2, -0.15) is 0 Å². The average molecular weight is 265 g/mol. The summed E-state index contributed by atoms with van der Waals surface area (Å²) in [5.41, 5.74) is 2.57. The number of halogens is 1. The van der Waals surface area contributed by atoms with E-state index in [9.17, 15) is 0 Å². The first-order valence-corrected chi connectivity index (χ1v) is 6.69. The molecule has 0 N–H and O–H groups in total. The third-order valence-electron chi connectivity index (χ3n) is 2.25. The van der Waals surface area contributed by atoms with Gasteiger partial charge >= 0.3 is 0 Å². The summed E-state index contributed by atoms with van der Waals surface area (Å²) in [4.78, 5) is 8.38. The molecule has 2 nitrogen and oxygen atoms in total. The van der Waals surface area contributed by atoms with Crippen LogP contribution in [0.2, 0.25) is 5.15 Å². The molecular weight excluding hydrogens is 252 g/mol. The van der Waals surface area contributed by atoms with Crippen LogP contribution in [0.15, 0.2) is 35.4 Å². The van der Waals surface area contributed by atoms with E-state index in [0.29, 0.717) is 11.0 Å². The van der Waals surface area contributed by atoms with E-state index in [0.717, 1.165) is 10.8 Å². The Morgan fingerprint density at radius 2 is 2.00 bits per heavy atom. The van der Waals surface area contributed by atoms with Crippen LogP contribution in [0.1, 0.15) is 17.0 Å². The van der Waals surface area contributed by atoms with Crippen LogP contribution in [0.4, 0.5) is 0 Å². The van der Waals surface area contributed by atoms with E-state index in [1.165, 1.54) is 11.1 Å². The second kappa shape index (κ2) is 5.52. The maximum atomic E-state index is 5.89. The first kappa shape index (κ1) is 12.4. The van der Waals surface area contributed by atoms with Crippen LogP contribution in [0.3, 0.4) is 0 Å². The molecule has 1 aromatic carbocycles. The van der Waals surface area contributed by atoms with Crippen molar-refractivity contribution in [3.05, 3.63) is 52.4 Å². The quantitative estimate of drug-likeness (QED) is 0.618. The monoisotopic (exact) mass is 264 g/mol. The second-order valence-corrected chi connectivity index (χ2v) is 5.24. The lowest BCUT2D eigenvalue weighted by atomic mass is 10.2. The Morgan fingerprint density at radius 1 is 1.18 bits per heavy atom. The summed E-state index contributed by atoms with van der Waals surface area (Å²) in [6.07, 6.45) is 0. The molecule has 2 aromatic rings. The minimum atomic E-state index is 0.504. The van der Waals surface area contributed by atoms with E-state index in [2.05, 4.69) is 41.2 Å². The Kier molecular flexibility index (Phi) is 4.02. The molecule has 17 heavy (non-hydrogen) atoms. The molecule has 0 aliphatic heterocycles. The van der Waals surface area contributed by atoms with Gasteiger partial charge in [0.05, 0.1) is 0 Å². The predicted octanol–water partition coefficient (Wildman–Crippen LogP) is 4.04. The van der Waals surface area contributed by atoms with Gasteiger partial charge in [-0.1, -0.05) is 41.4 Å². The molecule has 0 saturated heterocycles. The summed E-state index contributed by atoms with van der Waals surface area (Å²) in [6, 6.07) is 10.3. The highest BCUT2D eigenvalue weighted by Gasteiger charge is 2.01. The van der Waals surface area contributed by atoms with Crippen molar-refractivity contribution in [1.29, 1.82) is 0 Å². The zero-order valence-corrected chi connectivity index (χ0v) is 11.3. The van der Waals surface area contributed by atoms with Crippen LogP contribution in [-0.4, -0.2) is 9.97 Å². The van der Waals surface area contributed by atoms with Gasteiger partial charge in [0, 0.05) is 11.8 Å². The van der Waals surface area contributed by atoms with Gasteiger partial charge < -0.3 is 0 Å². The molecule has 0 spiro atoms. The fourth-order valence-electron chi connectivity index (χ4n) is 1.54. The molecule has 1 aromatic heterocycles. The minimum Gasteiger partial charge on any atom is -0.227 e. The van der Waals surface area contributed by atoms with Gasteiger partial charge in [-0.15, -0.1) is 11.8 Å². The number of thioether (sulfide) groups is 1. The maximum absolute atomic E-state index is 5.89. The number of hydrogen-bond acceptors (Lipinski definition) is 3. The summed E-state index contributed by atoms with van der Waals surface area (Å²) >= 11 is 7.57. The molecule has 0 radical (unpaired) electrons. The Morgan fingerprint density at radius 3 is 2.71 bits per heavy atom. The zero-order chi connectivity index (χ0) is 12.3. The standard InChI is InChI=1S/C13H13ClN2S/c1-9-4-3-5-11(6-9)8-17-13-7-12(14)15-10(2)16-13/h3-7H,8H2,1-2H3. The Hall–Kier alpha value is -1.06. The molecule has 2 rings (SSSR count). The molecular formula is C13H13ClN2S. The van der Waals surface area contributed by atoms with Gasteiger partial charge in [0.15, 0.2) is 0 Å². The van der Waals surface area contributed by atoms with E-state index in [1.807, 2.05) is 6.92 Å². The van der Waals surface area contributed by atoms with Crippen molar-refractivity contribution < 1.29 is 0 Å². The first-order chi connectivity index (χ1) is 8.13. The number of aromatic nitrogens is 2. The van der Waals surface area contributed by atoms with Gasteiger partial charge in [-0.05, 0) is 19.4 Å². The van der Waals surface area contributed by atoms with Crippen molar-refractivity contribution in [2.24, 2.45) is 0 Å². The zero-order valence-electron chi connectivity index (χ0n) is 9.77. The van der Waals surface area contributed by atoms with Crippen molar-refractivity contribution in [1.82, 2.24) is 9.97 Å². The SMILES string of the molecule is Cc1cccc(CSc2cc(Cl)nc(C)n2)c1. The third-order valence-corrected chi connectivity index (χ3v) is 3.43. The largest absolute Gasteiger partial charge is 0.227 e. The molecule has 1 heterocycles. The highest BCUT2D eigenvalue weighted by molar-refractivity contribution is 7.98. The molecule has 88 valence electrons. The first-order valence-electron chi connectivity index (χ1n) is 5.33. The van der Waals surface area contributed by atoms with Gasteiger partial charge in [-0.25, -0.2) is 9.97 Å². The molecule has 4 heteroatoms. The smallest absolute Gasteiger partial charge is 0.133 e. The summed E-state index contributed by atoms with van der Waals surface area (Å²) in [7, 11) is 0. The van der Waals surface area contributed by atoms with Crippen LogP contribution in [-0.2, 0) is 5.75 Å². The van der Waals surface area contributed by atoms with Gasteiger partial charge in [0.1, 0.15) is 16.0 Å². The molecule has 0 bridgehead atoms. The normalized spacial score (nSPS) is 10.5. The lowest BCUT2D eigenvalue weighted by molar-refractivity contribution is 0.967. The van der Waals surface area contributed by atoms with Crippen LogP contribution < -0.4 is 0 Å². The topological polar surface area (TPSA) is 25.8 Å². The van der Waals surface area contributed by atoms with Gasteiger partial charge in [0.2, 0.25) is 0 Å². The molecule has 0 atom stereocenters. The van der Waals surface area contributed by atoms with E-state index < -0.39 is 0 Å². The number of nitrogens with zero attached hydrogens (tertiary/aromatic N) is 2. The Bertz CT molecular complexity index is 508. The highest BCUT2D eigenvalue weighted by atomic mass is 35.5. The van der Waals surface area contributed by atoms with Gasteiger partial charge in [0.25, 0.3) is 0 Å². The fourth-order valence-corrected chi connectivity index (χ4v) is 2.71. The number of hydrogen-bond donors (Lipinski definition) is 0.